The van der Waals surface area contributed by atoms with Gasteiger partial charge in [0.05, 0.1) is 0 Å². The molecule has 0 saturated heterocycles. The second-order valence-corrected chi connectivity index (χ2v) is 5.09. The highest BCUT2D eigenvalue weighted by atomic mass is 19.1. The van der Waals surface area contributed by atoms with E-state index in [4.69, 9.17) is 5.73 Å². The second-order valence-electron chi connectivity index (χ2n) is 5.09. The van der Waals surface area contributed by atoms with Crippen molar-refractivity contribution < 1.29 is 9.18 Å². The van der Waals surface area contributed by atoms with Gasteiger partial charge < -0.3 is 11.1 Å². The summed E-state index contributed by atoms with van der Waals surface area (Å²) in [6.07, 6.45) is 1.03. The van der Waals surface area contributed by atoms with E-state index in [0.29, 0.717) is 11.5 Å². The van der Waals surface area contributed by atoms with Crippen molar-refractivity contribution in [3.8, 4) is 0 Å². The minimum absolute atomic E-state index is 0.249. The van der Waals surface area contributed by atoms with E-state index in [1.807, 2.05) is 24.3 Å². The number of hydrogen-bond donors (Lipinski definition) is 2. The normalized spacial score (nSPS) is 20.5. The van der Waals surface area contributed by atoms with E-state index < -0.39 is 0 Å². The molecular formula is C16H15FN2O. The average molecular weight is 270 g/mol. The standard InChI is InChI=1S/C16H15FN2O/c17-12-5-1-11(2-6-12)16(20)19-13-7-3-10(4-8-13)14-9-15(14)18/h1-8,14-15H,9,18H2,(H,19,20)/t14-,15+/m0/s1. The van der Waals surface area contributed by atoms with Crippen molar-refractivity contribution in [2.45, 2.75) is 18.4 Å². The smallest absolute Gasteiger partial charge is 0.255 e. The van der Waals surface area contributed by atoms with Gasteiger partial charge in [-0.3, -0.25) is 4.79 Å². The lowest BCUT2D eigenvalue weighted by Gasteiger charge is -2.06. The highest BCUT2D eigenvalue weighted by Gasteiger charge is 2.34. The molecule has 1 aliphatic carbocycles. The lowest BCUT2D eigenvalue weighted by molar-refractivity contribution is 0.102. The Hall–Kier alpha value is -2.20. The van der Waals surface area contributed by atoms with Crippen molar-refractivity contribution in [3.05, 3.63) is 65.5 Å². The van der Waals surface area contributed by atoms with Crippen molar-refractivity contribution in [2.24, 2.45) is 5.73 Å². The molecule has 0 unspecified atom stereocenters. The first-order chi connectivity index (χ1) is 9.63. The Morgan fingerprint density at radius 2 is 1.70 bits per heavy atom. The number of nitrogens with two attached hydrogens (primary N) is 1. The number of anilines is 1. The van der Waals surface area contributed by atoms with Crippen molar-refractivity contribution in [1.82, 2.24) is 0 Å². The number of hydrogen-bond acceptors (Lipinski definition) is 2. The van der Waals surface area contributed by atoms with Crippen LogP contribution in [0.3, 0.4) is 0 Å². The topological polar surface area (TPSA) is 55.1 Å². The molecule has 0 aliphatic heterocycles. The predicted molar refractivity (Wildman–Crippen MR) is 76.1 cm³/mol. The van der Waals surface area contributed by atoms with Crippen molar-refractivity contribution >= 4 is 11.6 Å². The molecule has 1 aliphatic rings. The highest BCUT2D eigenvalue weighted by Crippen LogP contribution is 2.39. The van der Waals surface area contributed by atoms with Gasteiger partial charge in [0.25, 0.3) is 5.91 Å². The third-order valence-corrected chi connectivity index (χ3v) is 3.54. The molecule has 0 aromatic heterocycles. The molecule has 3 nitrogen and oxygen atoms in total. The Kier molecular flexibility index (Phi) is 3.24. The Labute approximate surface area is 116 Å². The minimum atomic E-state index is -0.355. The van der Waals surface area contributed by atoms with E-state index in [-0.39, 0.29) is 17.8 Å². The van der Waals surface area contributed by atoms with Crippen LogP contribution in [0.15, 0.2) is 48.5 Å². The summed E-state index contributed by atoms with van der Waals surface area (Å²) in [5.74, 6) is -0.149. The van der Waals surface area contributed by atoms with Crippen LogP contribution in [0.1, 0.15) is 28.3 Å². The molecule has 1 amide bonds. The van der Waals surface area contributed by atoms with Gasteiger partial charge in [0.2, 0.25) is 0 Å². The number of carbonyl (C=O) groups is 1. The van der Waals surface area contributed by atoms with Crippen LogP contribution in [-0.2, 0) is 0 Å². The summed E-state index contributed by atoms with van der Waals surface area (Å²) < 4.78 is 12.8. The number of benzene rings is 2. The number of rotatable bonds is 3. The maximum atomic E-state index is 12.8. The maximum absolute atomic E-state index is 12.8. The van der Waals surface area contributed by atoms with Gasteiger partial charge in [-0.15, -0.1) is 0 Å². The molecule has 3 rings (SSSR count). The Bertz CT molecular complexity index is 622. The van der Waals surface area contributed by atoms with Crippen LogP contribution < -0.4 is 11.1 Å². The summed E-state index contributed by atoms with van der Waals surface area (Å²) in [6, 6.07) is 13.4. The molecule has 3 N–H and O–H groups in total. The molecule has 1 fully saturated rings. The Morgan fingerprint density at radius 1 is 1.10 bits per heavy atom. The molecule has 4 heteroatoms. The van der Waals surface area contributed by atoms with Gasteiger partial charge in [-0.25, -0.2) is 4.39 Å². The van der Waals surface area contributed by atoms with E-state index in [9.17, 15) is 9.18 Å². The van der Waals surface area contributed by atoms with Crippen molar-refractivity contribution in [3.63, 3.8) is 0 Å². The summed E-state index contributed by atoms with van der Waals surface area (Å²) in [5, 5.41) is 2.78. The summed E-state index contributed by atoms with van der Waals surface area (Å²) in [6.45, 7) is 0. The van der Waals surface area contributed by atoms with Crippen LogP contribution >= 0.6 is 0 Å². The van der Waals surface area contributed by atoms with Gasteiger partial charge in [0, 0.05) is 23.2 Å². The van der Waals surface area contributed by atoms with Gasteiger partial charge in [0.1, 0.15) is 5.82 Å². The van der Waals surface area contributed by atoms with E-state index in [2.05, 4.69) is 5.32 Å². The van der Waals surface area contributed by atoms with E-state index in [1.54, 1.807) is 0 Å². The fourth-order valence-corrected chi connectivity index (χ4v) is 2.22. The summed E-state index contributed by atoms with van der Waals surface area (Å²) >= 11 is 0. The monoisotopic (exact) mass is 270 g/mol. The number of nitrogens with one attached hydrogen (secondary N) is 1. The first-order valence-corrected chi connectivity index (χ1v) is 6.56. The van der Waals surface area contributed by atoms with Crippen LogP contribution in [0, 0.1) is 5.82 Å². The number of halogens is 1. The molecule has 20 heavy (non-hydrogen) atoms. The Balaban J connectivity index is 1.68. The molecule has 2 aromatic rings. The fraction of sp³-hybridized carbons (Fsp3) is 0.188. The third kappa shape index (κ3) is 2.70. The van der Waals surface area contributed by atoms with Gasteiger partial charge in [-0.1, -0.05) is 12.1 Å². The maximum Gasteiger partial charge on any atom is 0.255 e. The van der Waals surface area contributed by atoms with E-state index in [1.165, 1.54) is 29.8 Å². The zero-order valence-electron chi connectivity index (χ0n) is 10.8. The zero-order chi connectivity index (χ0) is 14.1. The predicted octanol–water partition coefficient (Wildman–Crippen LogP) is 2.89. The van der Waals surface area contributed by atoms with Crippen LogP contribution in [0.5, 0.6) is 0 Å². The SMILES string of the molecule is N[C@@H]1C[C@H]1c1ccc(NC(=O)c2ccc(F)cc2)cc1. The summed E-state index contributed by atoms with van der Waals surface area (Å²) in [5.41, 5.74) is 8.16. The molecule has 0 spiro atoms. The lowest BCUT2D eigenvalue weighted by Crippen LogP contribution is -2.11. The third-order valence-electron chi connectivity index (χ3n) is 3.54. The first kappa shape index (κ1) is 12.8. The van der Waals surface area contributed by atoms with E-state index in [0.717, 1.165) is 12.1 Å². The summed E-state index contributed by atoms with van der Waals surface area (Å²) in [4.78, 5) is 12.0. The first-order valence-electron chi connectivity index (χ1n) is 6.56. The molecule has 102 valence electrons. The minimum Gasteiger partial charge on any atom is -0.327 e. The fourth-order valence-electron chi connectivity index (χ4n) is 2.22. The van der Waals surface area contributed by atoms with Gasteiger partial charge in [-0.2, -0.15) is 0 Å². The molecule has 1 saturated carbocycles. The van der Waals surface area contributed by atoms with Crippen LogP contribution in [0.4, 0.5) is 10.1 Å². The van der Waals surface area contributed by atoms with Gasteiger partial charge in [0.15, 0.2) is 0 Å². The number of carbonyl (C=O) groups excluding carboxylic acids is 1. The molecule has 0 bridgehead atoms. The summed E-state index contributed by atoms with van der Waals surface area (Å²) in [7, 11) is 0. The van der Waals surface area contributed by atoms with Crippen LogP contribution in [-0.4, -0.2) is 11.9 Å². The van der Waals surface area contributed by atoms with Gasteiger partial charge >= 0.3 is 0 Å². The van der Waals surface area contributed by atoms with Crippen molar-refractivity contribution in [2.75, 3.05) is 5.32 Å². The lowest BCUT2D eigenvalue weighted by atomic mass is 10.1. The largest absolute Gasteiger partial charge is 0.327 e. The molecule has 2 atom stereocenters. The van der Waals surface area contributed by atoms with Crippen LogP contribution in [0.2, 0.25) is 0 Å². The van der Waals surface area contributed by atoms with E-state index >= 15 is 0 Å². The Morgan fingerprint density at radius 3 is 2.25 bits per heavy atom. The van der Waals surface area contributed by atoms with Crippen molar-refractivity contribution in [1.29, 1.82) is 0 Å². The molecule has 0 radical (unpaired) electrons. The zero-order valence-corrected chi connectivity index (χ0v) is 10.8. The second kappa shape index (κ2) is 5.06. The highest BCUT2D eigenvalue weighted by molar-refractivity contribution is 6.04. The average Bonchev–Trinajstić information content (AvgIpc) is 3.17. The molecular weight excluding hydrogens is 255 g/mol. The molecule has 0 heterocycles. The quantitative estimate of drug-likeness (QED) is 0.901. The van der Waals surface area contributed by atoms with Gasteiger partial charge in [-0.05, 0) is 48.4 Å². The molecule has 2 aromatic carbocycles. The van der Waals surface area contributed by atoms with Crippen LogP contribution in [0.25, 0.3) is 0 Å². The number of amides is 1.